The third-order valence-corrected chi connectivity index (χ3v) is 5.37. The van der Waals surface area contributed by atoms with Gasteiger partial charge < -0.3 is 15.1 Å². The maximum absolute atomic E-state index is 12.2. The van der Waals surface area contributed by atoms with Crippen LogP contribution in [0.3, 0.4) is 0 Å². The molecule has 0 amide bonds. The molecule has 0 fully saturated rings. The molecule has 8 heteroatoms. The Morgan fingerprint density at radius 3 is 2.77 bits per heavy atom. The first-order valence-corrected chi connectivity index (χ1v) is 8.34. The Hall–Kier alpha value is -2.48. The van der Waals surface area contributed by atoms with Gasteiger partial charge in [-0.15, -0.1) is 0 Å². The van der Waals surface area contributed by atoms with Gasteiger partial charge >= 0.3 is 0 Å². The lowest BCUT2D eigenvalue weighted by atomic mass is 10.1. The number of nitrogens with zero attached hydrogens (tertiary/aromatic N) is 2. The van der Waals surface area contributed by atoms with Gasteiger partial charge in [0.25, 0.3) is 0 Å². The normalized spacial score (nSPS) is 14.1. The first-order chi connectivity index (χ1) is 10.4. The molecule has 1 aliphatic rings. The largest absolute Gasteiger partial charge is 0.494 e. The number of aliphatic imine (C=N–C) groups is 1. The molecular weight excluding hydrogens is 306 g/mol. The van der Waals surface area contributed by atoms with Gasteiger partial charge in [-0.1, -0.05) is 13.0 Å². The van der Waals surface area contributed by atoms with Crippen LogP contribution >= 0.6 is 0 Å². The molecule has 3 N–H and O–H groups in total. The lowest BCUT2D eigenvalue weighted by molar-refractivity contribution is 0.425. The second-order valence-corrected chi connectivity index (χ2v) is 7.16. The van der Waals surface area contributed by atoms with Crippen molar-refractivity contribution < 1.29 is 18.6 Å². The lowest BCUT2D eigenvalue weighted by Crippen LogP contribution is -2.24. The maximum atomic E-state index is 12.2. The van der Waals surface area contributed by atoms with Crippen LogP contribution in [0.2, 0.25) is 0 Å². The minimum Gasteiger partial charge on any atom is -0.494 e. The average molecular weight is 321 g/mol. The topological polar surface area (TPSA) is 106 Å². The van der Waals surface area contributed by atoms with E-state index in [-0.39, 0.29) is 29.0 Å². The van der Waals surface area contributed by atoms with Crippen LogP contribution in [0, 0.1) is 0 Å². The molecule has 0 saturated heterocycles. The summed E-state index contributed by atoms with van der Waals surface area (Å²) >= 11 is 0. The molecule has 7 nitrogen and oxygen atoms in total. The van der Waals surface area contributed by atoms with Crippen LogP contribution in [-0.2, 0) is 16.4 Å². The highest BCUT2D eigenvalue weighted by molar-refractivity contribution is 7.91. The summed E-state index contributed by atoms with van der Waals surface area (Å²) in [6, 6.07) is 6.31. The second-order valence-electron chi connectivity index (χ2n) is 4.92. The quantitative estimate of drug-likeness (QED) is 0.800. The maximum Gasteiger partial charge on any atom is 0.215 e. The monoisotopic (exact) mass is 321 g/mol. The number of hydrogen-bond acceptors (Lipinski definition) is 6. The molecule has 1 aromatic heterocycles. The molecule has 116 valence electrons. The highest BCUT2D eigenvalue weighted by Crippen LogP contribution is 2.36. The van der Waals surface area contributed by atoms with Crippen molar-refractivity contribution >= 4 is 27.6 Å². The zero-order chi connectivity index (χ0) is 15.9. The molecule has 0 saturated carbocycles. The first kappa shape index (κ1) is 14.5. The van der Waals surface area contributed by atoms with Crippen LogP contribution in [0.1, 0.15) is 12.5 Å². The standard InChI is InChI=1S/C14H15N3O4S/c1-2-22(20,21)12-5-3-4-10-9(12)7-17(8-15-10)11-6-13(18)16-14(11)19/h3-6,8,16,18-19H,2,7H2,1H3. The number of fused-ring (bicyclic) bond motifs is 1. The van der Waals surface area contributed by atoms with Gasteiger partial charge in [0.15, 0.2) is 15.7 Å². The molecule has 3 rings (SSSR count). The summed E-state index contributed by atoms with van der Waals surface area (Å²) in [7, 11) is -3.37. The van der Waals surface area contributed by atoms with Gasteiger partial charge in [-0.05, 0) is 12.1 Å². The number of anilines is 1. The highest BCUT2D eigenvalue weighted by atomic mass is 32.2. The summed E-state index contributed by atoms with van der Waals surface area (Å²) in [6.07, 6.45) is 1.49. The number of aromatic nitrogens is 1. The first-order valence-electron chi connectivity index (χ1n) is 6.69. The number of aromatic amines is 1. The Morgan fingerprint density at radius 1 is 1.36 bits per heavy atom. The van der Waals surface area contributed by atoms with Gasteiger partial charge in [0.05, 0.1) is 29.2 Å². The third-order valence-electron chi connectivity index (χ3n) is 3.56. The number of rotatable bonds is 3. The molecule has 2 aromatic rings. The van der Waals surface area contributed by atoms with E-state index in [1.54, 1.807) is 30.0 Å². The lowest BCUT2D eigenvalue weighted by Gasteiger charge is -2.25. The van der Waals surface area contributed by atoms with E-state index in [9.17, 15) is 18.6 Å². The van der Waals surface area contributed by atoms with Gasteiger partial charge in [-0.2, -0.15) is 0 Å². The third kappa shape index (κ3) is 2.31. The van der Waals surface area contributed by atoms with Crippen molar-refractivity contribution in [1.29, 1.82) is 0 Å². The average Bonchev–Trinajstić information content (AvgIpc) is 2.84. The van der Waals surface area contributed by atoms with Gasteiger partial charge in [0, 0.05) is 11.6 Å². The molecule has 2 heterocycles. The molecule has 1 aromatic carbocycles. The van der Waals surface area contributed by atoms with Gasteiger partial charge in [0.2, 0.25) is 5.88 Å². The Balaban J connectivity index is 2.07. The highest BCUT2D eigenvalue weighted by Gasteiger charge is 2.24. The minimum absolute atomic E-state index is 0.00333. The number of aromatic hydroxyl groups is 2. The second kappa shape index (κ2) is 5.06. The van der Waals surface area contributed by atoms with E-state index in [4.69, 9.17) is 0 Å². The van der Waals surface area contributed by atoms with Crippen LogP contribution in [0.15, 0.2) is 34.2 Å². The fourth-order valence-corrected chi connectivity index (χ4v) is 3.55. The molecule has 0 aliphatic carbocycles. The van der Waals surface area contributed by atoms with E-state index < -0.39 is 9.84 Å². The summed E-state index contributed by atoms with van der Waals surface area (Å²) in [5.41, 5.74) is 1.49. The van der Waals surface area contributed by atoms with Crippen molar-refractivity contribution in [3.63, 3.8) is 0 Å². The summed E-state index contributed by atoms with van der Waals surface area (Å²) in [5.74, 6) is -0.381. The van der Waals surface area contributed by atoms with Crippen molar-refractivity contribution in [2.45, 2.75) is 18.4 Å². The molecule has 0 radical (unpaired) electrons. The van der Waals surface area contributed by atoms with Crippen LogP contribution in [0.25, 0.3) is 0 Å². The van der Waals surface area contributed by atoms with Crippen LogP contribution in [-0.4, -0.2) is 35.7 Å². The van der Waals surface area contributed by atoms with E-state index in [0.717, 1.165) is 0 Å². The van der Waals surface area contributed by atoms with Crippen molar-refractivity contribution in [2.75, 3.05) is 10.7 Å². The van der Waals surface area contributed by atoms with E-state index in [2.05, 4.69) is 9.98 Å². The summed E-state index contributed by atoms with van der Waals surface area (Å²) in [4.78, 5) is 8.43. The molecule has 0 unspecified atom stereocenters. The Kier molecular flexibility index (Phi) is 3.32. The Bertz CT molecular complexity index is 855. The molecule has 22 heavy (non-hydrogen) atoms. The van der Waals surface area contributed by atoms with E-state index in [1.807, 2.05) is 0 Å². The fraction of sp³-hybridized carbons (Fsp3) is 0.214. The van der Waals surface area contributed by atoms with E-state index in [0.29, 0.717) is 16.9 Å². The van der Waals surface area contributed by atoms with Gasteiger partial charge in [-0.25, -0.2) is 13.4 Å². The molecule has 0 spiro atoms. The summed E-state index contributed by atoms with van der Waals surface area (Å²) < 4.78 is 24.4. The SMILES string of the molecule is CCS(=O)(=O)c1cccc2c1CN(c1cc(O)[nH]c1O)C=N2. The zero-order valence-corrected chi connectivity index (χ0v) is 12.6. The predicted molar refractivity (Wildman–Crippen MR) is 82.6 cm³/mol. The predicted octanol–water partition coefficient (Wildman–Crippen LogP) is 1.90. The van der Waals surface area contributed by atoms with Crippen LogP contribution in [0.5, 0.6) is 11.8 Å². The Morgan fingerprint density at radius 2 is 2.14 bits per heavy atom. The smallest absolute Gasteiger partial charge is 0.215 e. The van der Waals surface area contributed by atoms with Gasteiger partial charge in [0.1, 0.15) is 5.69 Å². The fourth-order valence-electron chi connectivity index (χ4n) is 2.41. The molecule has 1 aliphatic heterocycles. The molecule has 0 atom stereocenters. The number of benzene rings is 1. The van der Waals surface area contributed by atoms with Gasteiger partial charge in [-0.3, -0.25) is 4.98 Å². The number of sulfone groups is 1. The number of hydrogen-bond donors (Lipinski definition) is 3. The Labute approximate surface area is 127 Å². The summed E-state index contributed by atoms with van der Waals surface area (Å²) in [5, 5.41) is 19.2. The molecule has 0 bridgehead atoms. The van der Waals surface area contributed by atoms with Crippen LogP contribution < -0.4 is 4.90 Å². The number of nitrogens with one attached hydrogen (secondary N) is 1. The summed E-state index contributed by atoms with van der Waals surface area (Å²) in [6.45, 7) is 1.83. The van der Waals surface area contributed by atoms with E-state index >= 15 is 0 Å². The minimum atomic E-state index is -3.37. The van der Waals surface area contributed by atoms with Crippen molar-refractivity contribution in [3.8, 4) is 11.8 Å². The van der Waals surface area contributed by atoms with Crippen molar-refractivity contribution in [1.82, 2.24) is 4.98 Å². The zero-order valence-electron chi connectivity index (χ0n) is 11.8. The van der Waals surface area contributed by atoms with Crippen molar-refractivity contribution in [3.05, 3.63) is 29.8 Å². The number of H-pyrrole nitrogens is 1. The van der Waals surface area contributed by atoms with Crippen molar-refractivity contribution in [2.24, 2.45) is 4.99 Å². The van der Waals surface area contributed by atoms with E-state index in [1.165, 1.54) is 12.4 Å². The molecular formula is C14H15N3O4S. The van der Waals surface area contributed by atoms with Crippen LogP contribution in [0.4, 0.5) is 11.4 Å².